The highest BCUT2D eigenvalue weighted by atomic mass is 16.4. The maximum atomic E-state index is 11.9. The molecule has 0 spiro atoms. The number of aromatic amines is 1. The first-order chi connectivity index (χ1) is 61.5. The molecule has 0 saturated carbocycles. The number of carboxylic acid groups (broad SMARTS) is 3. The van der Waals surface area contributed by atoms with Crippen molar-refractivity contribution in [3.63, 3.8) is 0 Å². The van der Waals surface area contributed by atoms with Gasteiger partial charge in [0.25, 0.3) is 11.8 Å². The van der Waals surface area contributed by atoms with Gasteiger partial charge < -0.3 is 45.5 Å². The maximum absolute atomic E-state index is 11.9. The van der Waals surface area contributed by atoms with E-state index in [0.29, 0.717) is 44.2 Å². The summed E-state index contributed by atoms with van der Waals surface area (Å²) in [6.45, 7) is 6.29. The molecular formula is C106H85N13O8. The third-order valence-electron chi connectivity index (χ3n) is 22.5. The van der Waals surface area contributed by atoms with Crippen molar-refractivity contribution in [2.24, 2.45) is 39.7 Å². The third-order valence-corrected chi connectivity index (χ3v) is 22.5. The van der Waals surface area contributed by atoms with Crippen LogP contribution in [0.4, 0.5) is 0 Å². The number of amides is 2. The lowest BCUT2D eigenvalue weighted by Crippen LogP contribution is -2.11. The van der Waals surface area contributed by atoms with Crippen LogP contribution in [0.15, 0.2) is 341 Å². The van der Waals surface area contributed by atoms with Crippen LogP contribution in [-0.2, 0) is 28.2 Å². The predicted molar refractivity (Wildman–Crippen MR) is 503 cm³/mol. The Hall–Kier alpha value is -17.1. The number of carbonyl (C=O) groups excluding carboxylic acids is 2. The molecule has 5 aromatic heterocycles. The lowest BCUT2D eigenvalue weighted by atomic mass is 9.96. The summed E-state index contributed by atoms with van der Waals surface area (Å²) in [6, 6.07) is 105. The smallest absolute Gasteiger partial charge is 0.338 e. The van der Waals surface area contributed by atoms with E-state index in [4.69, 9.17) is 11.5 Å². The highest BCUT2D eigenvalue weighted by Gasteiger charge is 2.22. The van der Waals surface area contributed by atoms with Gasteiger partial charge in [0, 0.05) is 28.2 Å². The summed E-state index contributed by atoms with van der Waals surface area (Å²) in [6.07, 6.45) is 6.54. The number of aromatic carboxylic acids is 3. The lowest BCUT2D eigenvalue weighted by molar-refractivity contribution is 0.0688. The summed E-state index contributed by atoms with van der Waals surface area (Å²) in [5.41, 5.74) is 43.8. The molecule has 20 rings (SSSR count). The van der Waals surface area contributed by atoms with Crippen LogP contribution >= 0.6 is 0 Å². The fraction of sp³-hybridized carbons (Fsp3) is 0.0660. The predicted octanol–water partition coefficient (Wildman–Crippen LogP) is 22.1. The maximum Gasteiger partial charge on any atom is 0.338 e. The monoisotopic (exact) mass is 1670 g/mol. The Bertz CT molecular complexity index is 7330. The first-order valence-corrected chi connectivity index (χ1v) is 40.7. The zero-order valence-electron chi connectivity index (χ0n) is 70.3. The van der Waals surface area contributed by atoms with Gasteiger partial charge in [0.05, 0.1) is 75.2 Å². The molecule has 20 aromatic rings. The Kier molecular flexibility index (Phi) is 23.9. The number of aryl methyl sites for hydroxylation is 7. The summed E-state index contributed by atoms with van der Waals surface area (Å²) in [5, 5.41) is 37.0. The summed E-state index contributed by atoms with van der Waals surface area (Å²) in [5.74, 6) is -3.88. The molecule has 127 heavy (non-hydrogen) atoms. The SMILES string of the molecule is Cc1ccccc1-c1ccc(-c2cc(C(=O)O)c3ncn(C)c3c2)cc1.Cc1ccccc1-c1ccc(-c2cc(C(=O)O)c3nn(C)nc3c2)cc1.Cc1ccccc1-c1ccc(-c2cc(C(N)=O)c3ncn(C)c3c2)cc1.Cn1cnc2c(C(=O)O)cc(-c3ccc(-c4ccccc4)cc3)cc21.NC(=O)c1cc(-c2ccc(-c3ccccc3)cc2)cc2[nH]cnc12. The minimum atomic E-state index is -1.01. The molecule has 2 amide bonds. The van der Waals surface area contributed by atoms with Gasteiger partial charge in [-0.05, 0) is 209 Å². The van der Waals surface area contributed by atoms with E-state index in [-0.39, 0.29) is 16.7 Å². The molecule has 0 saturated heterocycles. The molecule has 622 valence electrons. The molecule has 21 heteroatoms. The lowest BCUT2D eigenvalue weighted by Gasteiger charge is -2.09. The van der Waals surface area contributed by atoms with Crippen LogP contribution in [0.5, 0.6) is 0 Å². The molecule has 0 aliphatic carbocycles. The number of hydrogen-bond donors (Lipinski definition) is 6. The quantitative estimate of drug-likeness (QED) is 0.0556. The van der Waals surface area contributed by atoms with Gasteiger partial charge in [0.1, 0.15) is 33.1 Å². The topological polar surface area (TPSA) is 311 Å². The second-order valence-corrected chi connectivity index (χ2v) is 30.9. The number of nitrogens with zero attached hydrogens (tertiary/aromatic N) is 10. The van der Waals surface area contributed by atoms with Gasteiger partial charge in [-0.1, -0.05) is 255 Å². The van der Waals surface area contributed by atoms with Crippen molar-refractivity contribution in [2.75, 3.05) is 0 Å². The Labute approximate surface area is 730 Å². The van der Waals surface area contributed by atoms with Gasteiger partial charge in [-0.3, -0.25) is 9.59 Å². The van der Waals surface area contributed by atoms with E-state index in [1.807, 2.05) is 193 Å². The van der Waals surface area contributed by atoms with Crippen molar-refractivity contribution in [3.8, 4) is 111 Å². The fourth-order valence-electron chi connectivity index (χ4n) is 15.8. The van der Waals surface area contributed by atoms with Crippen LogP contribution in [0.2, 0.25) is 0 Å². The van der Waals surface area contributed by atoms with Crippen molar-refractivity contribution in [2.45, 2.75) is 20.8 Å². The second kappa shape index (κ2) is 36.3. The number of primary amides is 2. The minimum absolute atomic E-state index is 0.161. The average Bonchev–Trinajstić information content (AvgIpc) is 1.68. The number of aromatic nitrogens is 11. The molecule has 0 atom stereocenters. The molecule has 8 N–H and O–H groups in total. The largest absolute Gasteiger partial charge is 0.478 e. The normalized spacial score (nSPS) is 11.0. The van der Waals surface area contributed by atoms with Gasteiger partial charge in [0.2, 0.25) is 0 Å². The van der Waals surface area contributed by atoms with Crippen molar-refractivity contribution in [3.05, 3.63) is 385 Å². The van der Waals surface area contributed by atoms with E-state index in [1.54, 1.807) is 56.6 Å². The first-order valence-electron chi connectivity index (χ1n) is 40.7. The summed E-state index contributed by atoms with van der Waals surface area (Å²) in [4.78, 5) is 79.7. The van der Waals surface area contributed by atoms with Crippen molar-refractivity contribution < 1.29 is 39.3 Å². The van der Waals surface area contributed by atoms with Crippen molar-refractivity contribution in [1.82, 2.24) is 53.6 Å². The second-order valence-electron chi connectivity index (χ2n) is 30.9. The van der Waals surface area contributed by atoms with Gasteiger partial charge in [0.15, 0.2) is 0 Å². The van der Waals surface area contributed by atoms with Crippen LogP contribution in [-0.4, -0.2) is 98.7 Å². The van der Waals surface area contributed by atoms with Gasteiger partial charge in [-0.15, -0.1) is 0 Å². The van der Waals surface area contributed by atoms with Gasteiger partial charge >= 0.3 is 17.9 Å². The molecule has 15 aromatic carbocycles. The first kappa shape index (κ1) is 83.6. The number of hydrogen-bond acceptors (Lipinski definition) is 11. The third kappa shape index (κ3) is 18.0. The molecule has 0 unspecified atom stereocenters. The molecule has 0 aliphatic heterocycles. The molecule has 0 bridgehead atoms. The van der Waals surface area contributed by atoms with Crippen LogP contribution in [0, 0.1) is 20.8 Å². The summed E-state index contributed by atoms with van der Waals surface area (Å²) < 4.78 is 5.57. The van der Waals surface area contributed by atoms with Gasteiger partial charge in [-0.2, -0.15) is 15.0 Å². The molecule has 21 nitrogen and oxygen atoms in total. The van der Waals surface area contributed by atoms with E-state index < -0.39 is 29.7 Å². The van der Waals surface area contributed by atoms with Crippen LogP contribution in [0.3, 0.4) is 0 Å². The Morgan fingerprint density at radius 1 is 0.276 bits per heavy atom. The van der Waals surface area contributed by atoms with E-state index in [9.17, 15) is 39.3 Å². The number of carbonyl (C=O) groups is 5. The highest BCUT2D eigenvalue weighted by molar-refractivity contribution is 6.09. The van der Waals surface area contributed by atoms with Crippen LogP contribution in [0.1, 0.15) is 68.5 Å². The van der Waals surface area contributed by atoms with Crippen molar-refractivity contribution in [1.29, 1.82) is 0 Å². The fourth-order valence-corrected chi connectivity index (χ4v) is 15.8. The molecule has 0 fully saturated rings. The number of benzene rings is 15. The Morgan fingerprint density at radius 2 is 0.543 bits per heavy atom. The zero-order chi connectivity index (χ0) is 88.7. The molecule has 5 heterocycles. The number of fused-ring (bicyclic) bond motifs is 5. The summed E-state index contributed by atoms with van der Waals surface area (Å²) in [7, 11) is 7.32. The average molecular weight is 1670 g/mol. The number of rotatable bonds is 15. The zero-order valence-corrected chi connectivity index (χ0v) is 70.3. The number of H-pyrrole nitrogens is 1. The molecular weight excluding hydrogens is 1580 g/mol. The number of imidazole rings is 4. The Balaban J connectivity index is 0.000000117. The Morgan fingerprint density at radius 3 is 0.874 bits per heavy atom. The molecule has 0 aliphatic rings. The van der Waals surface area contributed by atoms with E-state index in [1.165, 1.54) is 49.3 Å². The standard InChI is InChI=1S/C22H19N3O.C22H18N2O2.C21H17N3O2.C21H16N2O2.C20H15N3O/c1-14-5-3-4-6-18(14)16-9-7-15(8-10-16)17-11-19(22(23)26)21-20(12-17)25(2)13-24-21;1-14-5-3-4-6-18(14)16-9-7-15(8-10-16)17-11-19(22(25)26)21-20(12-17)24(2)13-23-21;1-13-5-3-4-6-17(13)15-9-7-14(8-10-15)16-11-18(21(25)26)20-19(12-16)22-24(2)23-20;1-23-13-22-20-18(21(24)25)11-17(12-19(20)23)16-9-7-15(8-10-16)14-5-3-2-4-6-14;21-20(24)17-10-16(11-18-19(17)23-12-22-18)15-8-6-14(7-9-15)13-4-2-1-3-5-13/h3-13H,1-2H3,(H2,23,26);3-13H,1-2H3,(H,25,26);3-12H,1-2H3,(H,25,26);2-13H,1H3,(H,24,25);1-12H,(H2,21,24)(H,22,23). The number of nitrogens with one attached hydrogen (secondary N) is 1. The minimum Gasteiger partial charge on any atom is -0.478 e. The highest BCUT2D eigenvalue weighted by Crippen LogP contribution is 2.37. The molecule has 0 radical (unpaired) electrons. The summed E-state index contributed by atoms with van der Waals surface area (Å²) >= 11 is 0. The van der Waals surface area contributed by atoms with Crippen molar-refractivity contribution >= 4 is 84.9 Å². The van der Waals surface area contributed by atoms with E-state index >= 15 is 0 Å². The number of nitrogens with two attached hydrogens (primary N) is 2. The van der Waals surface area contributed by atoms with E-state index in [0.717, 1.165) is 106 Å². The number of carboxylic acids is 3. The van der Waals surface area contributed by atoms with Gasteiger partial charge in [-0.25, -0.2) is 34.3 Å². The van der Waals surface area contributed by atoms with Crippen LogP contribution in [0.25, 0.3) is 166 Å². The van der Waals surface area contributed by atoms with E-state index in [2.05, 4.69) is 189 Å². The van der Waals surface area contributed by atoms with Crippen LogP contribution < -0.4 is 11.5 Å².